The van der Waals surface area contributed by atoms with Crippen LogP contribution in [0.1, 0.15) is 32.3 Å². The van der Waals surface area contributed by atoms with Gasteiger partial charge in [-0.05, 0) is 24.8 Å². The van der Waals surface area contributed by atoms with Gasteiger partial charge in [0, 0.05) is 18.2 Å². The van der Waals surface area contributed by atoms with Gasteiger partial charge in [-0.1, -0.05) is 32.0 Å². The molecule has 0 radical (unpaired) electrons. The van der Waals surface area contributed by atoms with Gasteiger partial charge in [0.15, 0.2) is 0 Å². The van der Waals surface area contributed by atoms with Gasteiger partial charge in [0.1, 0.15) is 11.9 Å². The Labute approximate surface area is 119 Å². The molecule has 1 saturated heterocycles. The number of hydrogen-bond donors (Lipinski definition) is 3. The van der Waals surface area contributed by atoms with Gasteiger partial charge < -0.3 is 5.32 Å². The van der Waals surface area contributed by atoms with Gasteiger partial charge in [-0.2, -0.15) is 0 Å². The molecule has 0 spiro atoms. The summed E-state index contributed by atoms with van der Waals surface area (Å²) in [6.45, 7) is 4.54. The molecule has 1 amide bonds. The van der Waals surface area contributed by atoms with E-state index < -0.39 is 0 Å². The predicted octanol–water partition coefficient (Wildman–Crippen LogP) is 1.72. The van der Waals surface area contributed by atoms with Gasteiger partial charge in [-0.15, -0.1) is 0 Å². The fraction of sp³-hybridized carbons (Fsp3) is 0.533. The Morgan fingerprint density at radius 3 is 2.85 bits per heavy atom. The topological polar surface area (TPSA) is 53.2 Å². The number of carbonyl (C=O) groups excluding carboxylic acids is 1. The Bertz CT molecular complexity index is 464. The zero-order valence-electron chi connectivity index (χ0n) is 11.9. The van der Waals surface area contributed by atoms with Crippen molar-refractivity contribution in [1.29, 1.82) is 0 Å². The first kappa shape index (κ1) is 14.9. The van der Waals surface area contributed by atoms with Crippen molar-refractivity contribution in [2.24, 2.45) is 5.92 Å². The molecule has 4 nitrogen and oxygen atoms in total. The number of benzene rings is 1. The number of amides is 1. The Kier molecular flexibility index (Phi) is 5.09. The van der Waals surface area contributed by atoms with Crippen LogP contribution < -0.4 is 16.2 Å². The quantitative estimate of drug-likeness (QED) is 0.769. The lowest BCUT2D eigenvalue weighted by Gasteiger charge is -2.12. The number of halogens is 1. The highest BCUT2D eigenvalue weighted by molar-refractivity contribution is 5.82. The summed E-state index contributed by atoms with van der Waals surface area (Å²) in [4.78, 5) is 12.0. The minimum absolute atomic E-state index is 0.0907. The van der Waals surface area contributed by atoms with Crippen LogP contribution in [0.3, 0.4) is 0 Å². The molecule has 20 heavy (non-hydrogen) atoms. The first-order valence-electron chi connectivity index (χ1n) is 7.08. The van der Waals surface area contributed by atoms with Crippen LogP contribution in [-0.4, -0.2) is 18.0 Å². The summed E-state index contributed by atoms with van der Waals surface area (Å²) in [7, 11) is 0. The van der Waals surface area contributed by atoms with Gasteiger partial charge in [0.05, 0.1) is 0 Å². The lowest BCUT2D eigenvalue weighted by atomic mass is 10.00. The molecule has 0 aliphatic carbocycles. The number of hydrazine groups is 1. The van der Waals surface area contributed by atoms with Crippen LogP contribution in [0.25, 0.3) is 0 Å². The van der Waals surface area contributed by atoms with Crippen LogP contribution in [-0.2, 0) is 11.3 Å². The van der Waals surface area contributed by atoms with E-state index in [1.165, 1.54) is 6.07 Å². The van der Waals surface area contributed by atoms with Gasteiger partial charge >= 0.3 is 0 Å². The molecule has 1 aliphatic rings. The van der Waals surface area contributed by atoms with Crippen molar-refractivity contribution in [3.8, 4) is 0 Å². The molecule has 110 valence electrons. The summed E-state index contributed by atoms with van der Waals surface area (Å²) in [6, 6.07) is 6.55. The van der Waals surface area contributed by atoms with Crippen LogP contribution in [0, 0.1) is 11.7 Å². The molecule has 2 rings (SSSR count). The van der Waals surface area contributed by atoms with E-state index in [0.29, 0.717) is 17.5 Å². The second kappa shape index (κ2) is 6.81. The van der Waals surface area contributed by atoms with E-state index in [1.54, 1.807) is 18.2 Å². The molecular formula is C15H22FN3O. The fourth-order valence-corrected chi connectivity index (χ4v) is 2.46. The van der Waals surface area contributed by atoms with Crippen LogP contribution in [0.2, 0.25) is 0 Å². The minimum Gasteiger partial charge on any atom is -0.351 e. The second-order valence-electron chi connectivity index (χ2n) is 5.71. The molecule has 1 fully saturated rings. The third-order valence-electron chi connectivity index (χ3n) is 3.47. The van der Waals surface area contributed by atoms with Crippen molar-refractivity contribution in [3.05, 3.63) is 35.6 Å². The largest absolute Gasteiger partial charge is 0.351 e. The number of carbonyl (C=O) groups is 1. The summed E-state index contributed by atoms with van der Waals surface area (Å²) in [5, 5.41) is 2.77. The maximum Gasteiger partial charge on any atom is 0.238 e. The first-order chi connectivity index (χ1) is 9.56. The average molecular weight is 279 g/mol. The minimum atomic E-state index is -0.289. The van der Waals surface area contributed by atoms with Crippen LogP contribution >= 0.6 is 0 Å². The molecule has 5 heteroatoms. The summed E-state index contributed by atoms with van der Waals surface area (Å²) in [6.07, 6.45) is 1.80. The third-order valence-corrected chi connectivity index (χ3v) is 3.47. The molecule has 1 aromatic carbocycles. The zero-order chi connectivity index (χ0) is 14.5. The molecule has 0 bridgehead atoms. The van der Waals surface area contributed by atoms with Crippen molar-refractivity contribution in [2.75, 3.05) is 0 Å². The van der Waals surface area contributed by atoms with Crippen molar-refractivity contribution in [2.45, 2.75) is 45.3 Å². The van der Waals surface area contributed by atoms with E-state index >= 15 is 0 Å². The molecule has 2 unspecified atom stereocenters. The SMILES string of the molecule is CC(C)CC1CC(C(=O)NCc2ccccc2F)NN1. The van der Waals surface area contributed by atoms with Gasteiger partial charge in [-0.3, -0.25) is 10.2 Å². The van der Waals surface area contributed by atoms with Crippen molar-refractivity contribution >= 4 is 5.91 Å². The van der Waals surface area contributed by atoms with E-state index in [-0.39, 0.29) is 24.3 Å². The standard InChI is InChI=1S/C15H22FN3O/c1-10(2)7-12-8-14(19-18-12)15(20)17-9-11-5-3-4-6-13(11)16/h3-6,10,12,14,18-19H,7-9H2,1-2H3,(H,17,20). The molecule has 1 heterocycles. The molecule has 0 aromatic heterocycles. The number of hydrogen-bond acceptors (Lipinski definition) is 3. The van der Waals surface area contributed by atoms with Crippen molar-refractivity contribution < 1.29 is 9.18 Å². The first-order valence-corrected chi connectivity index (χ1v) is 7.08. The van der Waals surface area contributed by atoms with Crippen molar-refractivity contribution in [1.82, 2.24) is 16.2 Å². The van der Waals surface area contributed by atoms with E-state index in [2.05, 4.69) is 30.0 Å². The van der Waals surface area contributed by atoms with E-state index in [4.69, 9.17) is 0 Å². The predicted molar refractivity (Wildman–Crippen MR) is 76.2 cm³/mol. The molecule has 3 N–H and O–H groups in total. The Morgan fingerprint density at radius 1 is 1.40 bits per heavy atom. The maximum absolute atomic E-state index is 13.4. The highest BCUT2D eigenvalue weighted by atomic mass is 19.1. The molecular weight excluding hydrogens is 257 g/mol. The fourth-order valence-electron chi connectivity index (χ4n) is 2.46. The highest BCUT2D eigenvalue weighted by Gasteiger charge is 2.29. The summed E-state index contributed by atoms with van der Waals surface area (Å²) < 4.78 is 13.4. The summed E-state index contributed by atoms with van der Waals surface area (Å²) in [5.74, 6) is 0.213. The van der Waals surface area contributed by atoms with Gasteiger partial charge in [-0.25, -0.2) is 9.82 Å². The summed E-state index contributed by atoms with van der Waals surface area (Å²) in [5.41, 5.74) is 6.66. The van der Waals surface area contributed by atoms with Crippen LogP contribution in [0.15, 0.2) is 24.3 Å². The smallest absolute Gasteiger partial charge is 0.238 e. The van der Waals surface area contributed by atoms with Gasteiger partial charge in [0.25, 0.3) is 0 Å². The lowest BCUT2D eigenvalue weighted by molar-refractivity contribution is -0.123. The average Bonchev–Trinajstić information content (AvgIpc) is 2.85. The second-order valence-corrected chi connectivity index (χ2v) is 5.71. The van der Waals surface area contributed by atoms with Crippen LogP contribution in [0.4, 0.5) is 4.39 Å². The van der Waals surface area contributed by atoms with Gasteiger partial charge in [0.2, 0.25) is 5.91 Å². The Hall–Kier alpha value is -1.46. The normalized spacial score (nSPS) is 22.2. The van der Waals surface area contributed by atoms with E-state index in [9.17, 15) is 9.18 Å². The summed E-state index contributed by atoms with van der Waals surface area (Å²) >= 11 is 0. The monoisotopic (exact) mass is 279 g/mol. The maximum atomic E-state index is 13.4. The molecule has 1 aliphatic heterocycles. The highest BCUT2D eigenvalue weighted by Crippen LogP contribution is 2.14. The number of nitrogens with one attached hydrogen (secondary N) is 3. The van der Waals surface area contributed by atoms with Crippen LogP contribution in [0.5, 0.6) is 0 Å². The van der Waals surface area contributed by atoms with Crippen molar-refractivity contribution in [3.63, 3.8) is 0 Å². The third kappa shape index (κ3) is 4.02. The molecule has 0 saturated carbocycles. The Morgan fingerprint density at radius 2 is 2.15 bits per heavy atom. The Balaban J connectivity index is 1.80. The molecule has 1 aromatic rings. The lowest BCUT2D eigenvalue weighted by Crippen LogP contribution is -2.43. The van der Waals surface area contributed by atoms with E-state index in [1.807, 2.05) is 0 Å². The number of rotatable bonds is 5. The molecule has 2 atom stereocenters. The van der Waals surface area contributed by atoms with E-state index in [0.717, 1.165) is 12.8 Å². The zero-order valence-corrected chi connectivity index (χ0v) is 11.9.